The number of ether oxygens (including phenoxy) is 1. The summed E-state index contributed by atoms with van der Waals surface area (Å²) >= 11 is 0. The number of H-pyrrole nitrogens is 1. The SMILES string of the molecule is CCOc1cc(C(=O)N2CCC[C@H](c3cc(C)[nH]n3)C2)ccn1. The maximum absolute atomic E-state index is 12.8. The fraction of sp³-hybridized carbons (Fsp3) is 0.471. The third kappa shape index (κ3) is 3.52. The average Bonchev–Trinajstić information content (AvgIpc) is 3.01. The molecule has 23 heavy (non-hydrogen) atoms. The van der Waals surface area contributed by atoms with Crippen molar-refractivity contribution in [3.63, 3.8) is 0 Å². The highest BCUT2D eigenvalue weighted by Crippen LogP contribution is 2.27. The van der Waals surface area contributed by atoms with Crippen molar-refractivity contribution in [3.8, 4) is 5.88 Å². The summed E-state index contributed by atoms with van der Waals surface area (Å²) in [7, 11) is 0. The number of aryl methyl sites for hydroxylation is 1. The number of rotatable bonds is 4. The van der Waals surface area contributed by atoms with Crippen molar-refractivity contribution in [1.29, 1.82) is 0 Å². The summed E-state index contributed by atoms with van der Waals surface area (Å²) in [5, 5.41) is 7.34. The molecule has 1 aliphatic rings. The Balaban J connectivity index is 1.73. The first kappa shape index (κ1) is 15.5. The fourth-order valence-electron chi connectivity index (χ4n) is 3.00. The molecule has 0 spiro atoms. The molecule has 1 fully saturated rings. The first-order chi connectivity index (χ1) is 11.2. The summed E-state index contributed by atoms with van der Waals surface area (Å²) in [6.07, 6.45) is 3.68. The Labute approximate surface area is 135 Å². The van der Waals surface area contributed by atoms with Gasteiger partial charge in [-0.3, -0.25) is 9.89 Å². The van der Waals surface area contributed by atoms with E-state index >= 15 is 0 Å². The summed E-state index contributed by atoms with van der Waals surface area (Å²) in [5.74, 6) is 0.825. The second-order valence-electron chi connectivity index (χ2n) is 5.88. The van der Waals surface area contributed by atoms with Gasteiger partial charge in [-0.25, -0.2) is 4.98 Å². The number of aromatic nitrogens is 3. The predicted molar refractivity (Wildman–Crippen MR) is 86.6 cm³/mol. The monoisotopic (exact) mass is 314 g/mol. The van der Waals surface area contributed by atoms with Gasteiger partial charge in [0.2, 0.25) is 5.88 Å². The smallest absolute Gasteiger partial charge is 0.254 e. The highest BCUT2D eigenvalue weighted by molar-refractivity contribution is 5.94. The molecule has 0 unspecified atom stereocenters. The molecule has 3 rings (SSSR count). The Bertz CT molecular complexity index is 683. The molecule has 0 aliphatic carbocycles. The molecule has 3 heterocycles. The van der Waals surface area contributed by atoms with Gasteiger partial charge in [-0.05, 0) is 38.8 Å². The van der Waals surface area contributed by atoms with Crippen molar-refractivity contribution in [3.05, 3.63) is 41.3 Å². The zero-order chi connectivity index (χ0) is 16.2. The van der Waals surface area contributed by atoms with Crippen LogP contribution in [0.3, 0.4) is 0 Å². The third-order valence-corrected chi connectivity index (χ3v) is 4.13. The number of hydrogen-bond donors (Lipinski definition) is 1. The highest BCUT2D eigenvalue weighted by Gasteiger charge is 2.27. The molecular weight excluding hydrogens is 292 g/mol. The van der Waals surface area contributed by atoms with Crippen LogP contribution in [0.15, 0.2) is 24.4 Å². The lowest BCUT2D eigenvalue weighted by molar-refractivity contribution is 0.0705. The van der Waals surface area contributed by atoms with Crippen molar-refractivity contribution >= 4 is 5.91 Å². The number of pyridine rings is 1. The molecule has 1 aliphatic heterocycles. The van der Waals surface area contributed by atoms with Crippen LogP contribution >= 0.6 is 0 Å². The summed E-state index contributed by atoms with van der Waals surface area (Å²) in [6.45, 7) is 5.92. The van der Waals surface area contributed by atoms with E-state index in [1.165, 1.54) is 0 Å². The molecule has 1 atom stereocenters. The van der Waals surface area contributed by atoms with E-state index < -0.39 is 0 Å². The van der Waals surface area contributed by atoms with Gasteiger partial charge in [-0.1, -0.05) is 0 Å². The van der Waals surface area contributed by atoms with Crippen molar-refractivity contribution in [2.75, 3.05) is 19.7 Å². The molecule has 0 aromatic carbocycles. The maximum Gasteiger partial charge on any atom is 0.254 e. The van der Waals surface area contributed by atoms with E-state index in [9.17, 15) is 4.79 Å². The number of amides is 1. The first-order valence-electron chi connectivity index (χ1n) is 8.07. The second kappa shape index (κ2) is 6.81. The Morgan fingerprint density at radius 3 is 3.09 bits per heavy atom. The summed E-state index contributed by atoms with van der Waals surface area (Å²) < 4.78 is 5.38. The Hall–Kier alpha value is -2.37. The minimum absolute atomic E-state index is 0.0327. The van der Waals surface area contributed by atoms with Gasteiger partial charge in [-0.15, -0.1) is 0 Å². The molecule has 0 bridgehead atoms. The third-order valence-electron chi connectivity index (χ3n) is 4.13. The van der Waals surface area contributed by atoms with Crippen molar-refractivity contribution in [2.45, 2.75) is 32.6 Å². The number of aromatic amines is 1. The Morgan fingerprint density at radius 1 is 1.48 bits per heavy atom. The highest BCUT2D eigenvalue weighted by atomic mass is 16.5. The van der Waals surface area contributed by atoms with Crippen LogP contribution in [0.1, 0.15) is 47.4 Å². The van der Waals surface area contributed by atoms with Gasteiger partial charge < -0.3 is 9.64 Å². The minimum atomic E-state index is 0.0327. The molecule has 1 saturated heterocycles. The minimum Gasteiger partial charge on any atom is -0.478 e. The van der Waals surface area contributed by atoms with Crippen molar-refractivity contribution in [1.82, 2.24) is 20.1 Å². The fourth-order valence-corrected chi connectivity index (χ4v) is 3.00. The number of piperidine rings is 1. The van der Waals surface area contributed by atoms with Crippen LogP contribution in [-0.2, 0) is 0 Å². The lowest BCUT2D eigenvalue weighted by Crippen LogP contribution is -2.39. The van der Waals surface area contributed by atoms with E-state index in [1.807, 2.05) is 18.7 Å². The number of hydrogen-bond acceptors (Lipinski definition) is 4. The van der Waals surface area contributed by atoms with Gasteiger partial charge in [-0.2, -0.15) is 5.10 Å². The van der Waals surface area contributed by atoms with Crippen molar-refractivity contribution in [2.24, 2.45) is 0 Å². The van der Waals surface area contributed by atoms with E-state index in [1.54, 1.807) is 18.3 Å². The molecule has 6 heteroatoms. The van der Waals surface area contributed by atoms with Gasteiger partial charge in [0.1, 0.15) is 0 Å². The molecule has 0 saturated carbocycles. The molecule has 6 nitrogen and oxygen atoms in total. The molecule has 1 amide bonds. The van der Waals surface area contributed by atoms with Gasteiger partial charge in [0.25, 0.3) is 5.91 Å². The molecule has 2 aromatic heterocycles. The molecule has 0 radical (unpaired) electrons. The summed E-state index contributed by atoms with van der Waals surface area (Å²) in [6, 6.07) is 5.53. The van der Waals surface area contributed by atoms with Crippen LogP contribution in [0, 0.1) is 6.92 Å². The number of nitrogens with one attached hydrogen (secondary N) is 1. The second-order valence-corrected chi connectivity index (χ2v) is 5.88. The first-order valence-corrected chi connectivity index (χ1v) is 8.07. The van der Waals surface area contributed by atoms with Gasteiger partial charge >= 0.3 is 0 Å². The van der Waals surface area contributed by atoms with Gasteiger partial charge in [0.05, 0.1) is 12.3 Å². The van der Waals surface area contributed by atoms with Crippen LogP contribution in [0.2, 0.25) is 0 Å². The number of carbonyl (C=O) groups excluding carboxylic acids is 1. The summed E-state index contributed by atoms with van der Waals surface area (Å²) in [5.41, 5.74) is 2.73. The zero-order valence-corrected chi connectivity index (χ0v) is 13.6. The van der Waals surface area contributed by atoms with Crippen LogP contribution < -0.4 is 4.74 Å². The van der Waals surface area contributed by atoms with Crippen LogP contribution in [0.4, 0.5) is 0 Å². The topological polar surface area (TPSA) is 71.1 Å². The number of nitrogens with zero attached hydrogens (tertiary/aromatic N) is 3. The molecule has 2 aromatic rings. The maximum atomic E-state index is 12.8. The van der Waals surface area contributed by atoms with Crippen molar-refractivity contribution < 1.29 is 9.53 Å². The van der Waals surface area contributed by atoms with Gasteiger partial charge in [0.15, 0.2) is 0 Å². The Morgan fingerprint density at radius 2 is 2.35 bits per heavy atom. The Kier molecular flexibility index (Phi) is 4.60. The van der Waals surface area contributed by atoms with E-state index in [2.05, 4.69) is 21.2 Å². The van der Waals surface area contributed by atoms with E-state index in [-0.39, 0.29) is 5.91 Å². The quantitative estimate of drug-likeness (QED) is 0.941. The molecular formula is C17H22N4O2. The normalized spacial score (nSPS) is 18.0. The van der Waals surface area contributed by atoms with E-state index in [0.717, 1.165) is 30.8 Å². The average molecular weight is 314 g/mol. The van der Waals surface area contributed by atoms with E-state index in [4.69, 9.17) is 4.74 Å². The van der Waals surface area contributed by atoms with Gasteiger partial charge in [0, 0.05) is 42.5 Å². The number of carbonyl (C=O) groups is 1. The lowest BCUT2D eigenvalue weighted by atomic mass is 9.94. The van der Waals surface area contributed by atoms with Crippen LogP contribution in [-0.4, -0.2) is 45.7 Å². The largest absolute Gasteiger partial charge is 0.478 e. The van der Waals surface area contributed by atoms with Crippen LogP contribution in [0.5, 0.6) is 5.88 Å². The van der Waals surface area contributed by atoms with Crippen LogP contribution in [0.25, 0.3) is 0 Å². The zero-order valence-electron chi connectivity index (χ0n) is 13.6. The molecule has 122 valence electrons. The molecule has 1 N–H and O–H groups in total. The summed E-state index contributed by atoms with van der Waals surface area (Å²) in [4.78, 5) is 18.8. The lowest BCUT2D eigenvalue weighted by Gasteiger charge is -2.32. The standard InChI is InChI=1S/C17H22N4O2/c1-3-23-16-10-13(6-7-18-16)17(22)21-8-4-5-14(11-21)15-9-12(2)19-20-15/h6-7,9-10,14H,3-5,8,11H2,1-2H3,(H,19,20)/t14-/m0/s1. The number of likely N-dealkylation sites (tertiary alicyclic amines) is 1. The predicted octanol–water partition coefficient (Wildman–Crippen LogP) is 2.53. The van der Waals surface area contributed by atoms with E-state index in [0.29, 0.717) is 30.5 Å².